The third-order valence-corrected chi connectivity index (χ3v) is 4.67. The smallest absolute Gasteiger partial charge is 0.00924 e. The van der Waals surface area contributed by atoms with Gasteiger partial charge in [-0.15, -0.1) is 0 Å². The third kappa shape index (κ3) is 4.08. The molecular weight excluding hydrogens is 194 g/mol. The van der Waals surface area contributed by atoms with E-state index in [-0.39, 0.29) is 0 Å². The van der Waals surface area contributed by atoms with Crippen LogP contribution in [-0.2, 0) is 0 Å². The van der Waals surface area contributed by atoms with Crippen molar-refractivity contribution < 1.29 is 0 Å². The van der Waals surface area contributed by atoms with Gasteiger partial charge in [-0.05, 0) is 44.6 Å². The molecule has 0 aromatic rings. The van der Waals surface area contributed by atoms with E-state index in [0.717, 1.165) is 17.9 Å². The van der Waals surface area contributed by atoms with Crippen LogP contribution in [0.4, 0.5) is 0 Å². The van der Waals surface area contributed by atoms with Crippen LogP contribution in [-0.4, -0.2) is 13.1 Å². The highest BCUT2D eigenvalue weighted by molar-refractivity contribution is 4.81. The standard InChI is InChI=1S/C15H29N/c1-16-15(12-11-13-9-10-13)14-7-5-3-2-4-6-8-14/h13-16H,2-12H2,1H3. The van der Waals surface area contributed by atoms with Gasteiger partial charge in [0.25, 0.3) is 0 Å². The van der Waals surface area contributed by atoms with E-state index in [9.17, 15) is 0 Å². The van der Waals surface area contributed by atoms with E-state index in [4.69, 9.17) is 0 Å². The number of rotatable bonds is 5. The number of hydrogen-bond acceptors (Lipinski definition) is 1. The fraction of sp³-hybridized carbons (Fsp3) is 1.00. The maximum Gasteiger partial charge on any atom is 0.00924 e. The average Bonchev–Trinajstić information content (AvgIpc) is 3.04. The molecule has 94 valence electrons. The Hall–Kier alpha value is -0.0400. The molecule has 2 aliphatic carbocycles. The van der Waals surface area contributed by atoms with Crippen LogP contribution in [0.1, 0.15) is 70.6 Å². The summed E-state index contributed by atoms with van der Waals surface area (Å²) in [6, 6.07) is 0.818. The summed E-state index contributed by atoms with van der Waals surface area (Å²) in [5.41, 5.74) is 0. The first-order valence-corrected chi connectivity index (χ1v) is 7.57. The largest absolute Gasteiger partial charge is 0.317 e. The van der Waals surface area contributed by atoms with Gasteiger partial charge < -0.3 is 5.32 Å². The van der Waals surface area contributed by atoms with Crippen molar-refractivity contribution in [1.82, 2.24) is 5.32 Å². The van der Waals surface area contributed by atoms with Crippen molar-refractivity contribution in [3.63, 3.8) is 0 Å². The summed E-state index contributed by atoms with van der Waals surface area (Å²) in [7, 11) is 2.18. The van der Waals surface area contributed by atoms with Gasteiger partial charge in [0, 0.05) is 6.04 Å². The van der Waals surface area contributed by atoms with Gasteiger partial charge in [-0.3, -0.25) is 0 Å². The molecule has 2 saturated carbocycles. The first-order valence-electron chi connectivity index (χ1n) is 7.57. The van der Waals surface area contributed by atoms with Crippen LogP contribution in [0.5, 0.6) is 0 Å². The summed E-state index contributed by atoms with van der Waals surface area (Å²) in [4.78, 5) is 0. The predicted octanol–water partition coefficient (Wildman–Crippen LogP) is 4.13. The van der Waals surface area contributed by atoms with Gasteiger partial charge in [0.15, 0.2) is 0 Å². The SMILES string of the molecule is CNC(CCC1CC1)C1CCCCCCC1. The quantitative estimate of drug-likeness (QED) is 0.739. The molecule has 1 nitrogen and oxygen atoms in total. The van der Waals surface area contributed by atoms with Crippen molar-refractivity contribution in [1.29, 1.82) is 0 Å². The van der Waals surface area contributed by atoms with Crippen molar-refractivity contribution in [2.24, 2.45) is 11.8 Å². The second-order valence-corrected chi connectivity index (χ2v) is 6.02. The van der Waals surface area contributed by atoms with Crippen molar-refractivity contribution in [3.05, 3.63) is 0 Å². The summed E-state index contributed by atoms with van der Waals surface area (Å²) in [5.74, 6) is 2.08. The topological polar surface area (TPSA) is 12.0 Å². The first-order chi connectivity index (χ1) is 7.90. The highest BCUT2D eigenvalue weighted by Gasteiger charge is 2.25. The maximum atomic E-state index is 3.60. The molecule has 1 heteroatoms. The molecule has 1 N–H and O–H groups in total. The lowest BCUT2D eigenvalue weighted by molar-refractivity contribution is 0.278. The Morgan fingerprint density at radius 2 is 1.56 bits per heavy atom. The molecule has 0 bridgehead atoms. The van der Waals surface area contributed by atoms with Crippen LogP contribution in [0.3, 0.4) is 0 Å². The normalized spacial score (nSPS) is 26.1. The lowest BCUT2D eigenvalue weighted by Gasteiger charge is -2.28. The summed E-state index contributed by atoms with van der Waals surface area (Å²) in [6.45, 7) is 0. The molecule has 2 rings (SSSR count). The fourth-order valence-corrected chi connectivity index (χ4v) is 3.33. The highest BCUT2D eigenvalue weighted by Crippen LogP contribution is 2.35. The van der Waals surface area contributed by atoms with E-state index >= 15 is 0 Å². The molecule has 0 aliphatic heterocycles. The van der Waals surface area contributed by atoms with E-state index in [1.807, 2.05) is 0 Å². The van der Waals surface area contributed by atoms with Crippen molar-refractivity contribution in [2.75, 3.05) is 7.05 Å². The molecule has 0 amide bonds. The van der Waals surface area contributed by atoms with Gasteiger partial charge in [0.2, 0.25) is 0 Å². The minimum atomic E-state index is 0.818. The summed E-state index contributed by atoms with van der Waals surface area (Å²) in [5, 5.41) is 3.60. The minimum Gasteiger partial charge on any atom is -0.317 e. The molecule has 1 unspecified atom stereocenters. The number of nitrogens with one attached hydrogen (secondary N) is 1. The Morgan fingerprint density at radius 3 is 2.12 bits per heavy atom. The van der Waals surface area contributed by atoms with Crippen molar-refractivity contribution in [3.8, 4) is 0 Å². The van der Waals surface area contributed by atoms with Crippen LogP contribution in [0.2, 0.25) is 0 Å². The highest BCUT2D eigenvalue weighted by atomic mass is 14.9. The van der Waals surface area contributed by atoms with Crippen LogP contribution in [0, 0.1) is 11.8 Å². The molecule has 0 aromatic carbocycles. The van der Waals surface area contributed by atoms with Crippen molar-refractivity contribution in [2.45, 2.75) is 76.7 Å². The van der Waals surface area contributed by atoms with Crippen molar-refractivity contribution >= 4 is 0 Å². The van der Waals surface area contributed by atoms with E-state index in [0.29, 0.717) is 0 Å². The molecule has 0 saturated heterocycles. The first kappa shape index (κ1) is 12.4. The zero-order chi connectivity index (χ0) is 11.2. The van der Waals surface area contributed by atoms with Gasteiger partial charge in [-0.1, -0.05) is 44.9 Å². The van der Waals surface area contributed by atoms with Crippen LogP contribution in [0.15, 0.2) is 0 Å². The Kier molecular flexibility index (Phi) is 5.15. The van der Waals surface area contributed by atoms with Gasteiger partial charge in [0.1, 0.15) is 0 Å². The lowest BCUT2D eigenvalue weighted by Crippen LogP contribution is -2.34. The maximum absolute atomic E-state index is 3.60. The van der Waals surface area contributed by atoms with Gasteiger partial charge in [0.05, 0.1) is 0 Å². The summed E-state index contributed by atoms with van der Waals surface area (Å²) >= 11 is 0. The van der Waals surface area contributed by atoms with Crippen LogP contribution in [0.25, 0.3) is 0 Å². The third-order valence-electron chi connectivity index (χ3n) is 4.67. The zero-order valence-electron chi connectivity index (χ0n) is 11.0. The zero-order valence-corrected chi connectivity index (χ0v) is 11.0. The predicted molar refractivity (Wildman–Crippen MR) is 70.6 cm³/mol. The summed E-state index contributed by atoms with van der Waals surface area (Å²) < 4.78 is 0. The molecule has 0 aromatic heterocycles. The van der Waals surface area contributed by atoms with E-state index in [1.165, 1.54) is 70.6 Å². The van der Waals surface area contributed by atoms with E-state index in [1.54, 1.807) is 0 Å². The molecule has 0 heterocycles. The molecular formula is C15H29N. The van der Waals surface area contributed by atoms with E-state index in [2.05, 4.69) is 12.4 Å². The van der Waals surface area contributed by atoms with Crippen LogP contribution < -0.4 is 5.32 Å². The Balaban J connectivity index is 1.74. The van der Waals surface area contributed by atoms with E-state index < -0.39 is 0 Å². The fourth-order valence-electron chi connectivity index (χ4n) is 3.33. The molecule has 0 spiro atoms. The van der Waals surface area contributed by atoms with Gasteiger partial charge in [-0.25, -0.2) is 0 Å². The van der Waals surface area contributed by atoms with Crippen LogP contribution >= 0.6 is 0 Å². The lowest BCUT2D eigenvalue weighted by atomic mass is 9.84. The average molecular weight is 223 g/mol. The molecule has 1 atom stereocenters. The Bertz CT molecular complexity index is 178. The molecule has 2 aliphatic rings. The molecule has 16 heavy (non-hydrogen) atoms. The van der Waals surface area contributed by atoms with Gasteiger partial charge >= 0.3 is 0 Å². The molecule has 0 radical (unpaired) electrons. The van der Waals surface area contributed by atoms with Gasteiger partial charge in [-0.2, -0.15) is 0 Å². The molecule has 2 fully saturated rings. The Morgan fingerprint density at radius 1 is 0.938 bits per heavy atom. The second-order valence-electron chi connectivity index (χ2n) is 6.02. The minimum absolute atomic E-state index is 0.818. The second kappa shape index (κ2) is 6.64. The number of hydrogen-bond donors (Lipinski definition) is 1. The Labute approximate surface area is 101 Å². The summed E-state index contributed by atoms with van der Waals surface area (Å²) in [6.07, 6.45) is 16.3. The monoisotopic (exact) mass is 223 g/mol.